The minimum atomic E-state index is -0.0834. The summed E-state index contributed by atoms with van der Waals surface area (Å²) in [4.78, 5) is 19.4. The molecule has 0 amide bonds. The summed E-state index contributed by atoms with van der Waals surface area (Å²) in [5.41, 5.74) is 1.89. The zero-order valence-electron chi connectivity index (χ0n) is 10.6. The molecule has 4 heteroatoms. The normalized spacial score (nSPS) is 16.6. The van der Waals surface area contributed by atoms with E-state index in [9.17, 15) is 4.79 Å². The van der Waals surface area contributed by atoms with Crippen LogP contribution in [0.2, 0.25) is 0 Å². The highest BCUT2D eigenvalue weighted by Crippen LogP contribution is 2.20. The number of aromatic nitrogens is 2. The first-order valence-corrected chi connectivity index (χ1v) is 6.49. The number of ether oxygens (including phenoxy) is 1. The minimum absolute atomic E-state index is 0.0304. The van der Waals surface area contributed by atoms with Gasteiger partial charge in [-0.05, 0) is 39.0 Å². The number of nitrogens with zero attached hydrogens (tertiary/aromatic N) is 1. The van der Waals surface area contributed by atoms with Crippen molar-refractivity contribution in [2.75, 3.05) is 6.61 Å². The molecule has 17 heavy (non-hydrogen) atoms. The van der Waals surface area contributed by atoms with Crippen LogP contribution in [-0.4, -0.2) is 16.6 Å². The van der Waals surface area contributed by atoms with E-state index in [2.05, 4.69) is 9.97 Å². The first-order chi connectivity index (χ1) is 8.26. The van der Waals surface area contributed by atoms with E-state index >= 15 is 0 Å². The van der Waals surface area contributed by atoms with E-state index in [1.807, 2.05) is 13.8 Å². The summed E-state index contributed by atoms with van der Waals surface area (Å²) in [5, 5.41) is 0. The highest BCUT2D eigenvalue weighted by molar-refractivity contribution is 5.21. The molecular weight excluding hydrogens is 216 g/mol. The minimum Gasteiger partial charge on any atom is -0.371 e. The van der Waals surface area contributed by atoms with Gasteiger partial charge in [0.15, 0.2) is 0 Å². The average Bonchev–Trinajstić information content (AvgIpc) is 2.36. The Bertz CT molecular complexity index is 440. The van der Waals surface area contributed by atoms with Gasteiger partial charge in [0.05, 0.1) is 5.69 Å². The van der Waals surface area contributed by atoms with Crippen molar-refractivity contribution in [2.45, 2.75) is 52.1 Å². The zero-order valence-corrected chi connectivity index (χ0v) is 10.6. The van der Waals surface area contributed by atoms with E-state index in [1.165, 1.54) is 0 Å². The highest BCUT2D eigenvalue weighted by Gasteiger charge is 2.19. The Balaban J connectivity index is 2.36. The van der Waals surface area contributed by atoms with Crippen LogP contribution < -0.4 is 5.56 Å². The Hall–Kier alpha value is -1.16. The van der Waals surface area contributed by atoms with Crippen LogP contribution in [0.5, 0.6) is 0 Å². The van der Waals surface area contributed by atoms with Crippen molar-refractivity contribution in [1.82, 2.24) is 9.97 Å². The molecule has 94 valence electrons. The summed E-state index contributed by atoms with van der Waals surface area (Å²) in [5.74, 6) is 0.694. The second-order valence-corrected chi connectivity index (χ2v) is 4.44. The lowest BCUT2D eigenvalue weighted by molar-refractivity contribution is 0.0530. The monoisotopic (exact) mass is 236 g/mol. The average molecular weight is 236 g/mol. The molecule has 0 fully saturated rings. The third-order valence-corrected chi connectivity index (χ3v) is 3.25. The predicted molar refractivity (Wildman–Crippen MR) is 66.2 cm³/mol. The lowest BCUT2D eigenvalue weighted by Crippen LogP contribution is -2.24. The fourth-order valence-corrected chi connectivity index (χ4v) is 2.37. The summed E-state index contributed by atoms with van der Waals surface area (Å²) < 4.78 is 5.59. The van der Waals surface area contributed by atoms with Crippen LogP contribution in [0.15, 0.2) is 4.79 Å². The summed E-state index contributed by atoms with van der Waals surface area (Å²) in [6, 6.07) is 0. The first kappa shape index (κ1) is 12.3. The summed E-state index contributed by atoms with van der Waals surface area (Å²) >= 11 is 0. The molecule has 1 N–H and O–H groups in total. The van der Waals surface area contributed by atoms with Crippen LogP contribution in [0.3, 0.4) is 0 Å². The third kappa shape index (κ3) is 2.57. The van der Waals surface area contributed by atoms with Crippen molar-refractivity contribution in [3.05, 3.63) is 27.4 Å². The molecule has 0 spiro atoms. The number of aryl methyl sites for hydroxylation is 1. The number of hydrogen-bond donors (Lipinski definition) is 1. The van der Waals surface area contributed by atoms with Crippen LogP contribution >= 0.6 is 0 Å². The smallest absolute Gasteiger partial charge is 0.254 e. The van der Waals surface area contributed by atoms with Gasteiger partial charge in [-0.25, -0.2) is 4.98 Å². The molecule has 1 aromatic rings. The molecule has 1 aliphatic carbocycles. The number of H-pyrrole nitrogens is 1. The van der Waals surface area contributed by atoms with E-state index in [-0.39, 0.29) is 11.7 Å². The van der Waals surface area contributed by atoms with Gasteiger partial charge in [-0.15, -0.1) is 0 Å². The maximum atomic E-state index is 12.0. The number of fused-ring (bicyclic) bond motifs is 1. The molecule has 0 bridgehead atoms. The maximum absolute atomic E-state index is 12.0. The number of aromatic amines is 1. The van der Waals surface area contributed by atoms with Gasteiger partial charge < -0.3 is 9.72 Å². The van der Waals surface area contributed by atoms with E-state index in [0.29, 0.717) is 12.4 Å². The molecule has 1 heterocycles. The summed E-state index contributed by atoms with van der Waals surface area (Å²) in [6.45, 7) is 4.64. The zero-order chi connectivity index (χ0) is 12.3. The van der Waals surface area contributed by atoms with E-state index in [4.69, 9.17) is 4.74 Å². The molecule has 0 radical (unpaired) electrons. The maximum Gasteiger partial charge on any atom is 0.254 e. The molecule has 1 atom stereocenters. The molecule has 2 rings (SSSR count). The van der Waals surface area contributed by atoms with Gasteiger partial charge in [0.1, 0.15) is 11.9 Å². The van der Waals surface area contributed by atoms with Crippen LogP contribution in [0.4, 0.5) is 0 Å². The highest BCUT2D eigenvalue weighted by atomic mass is 16.5. The van der Waals surface area contributed by atoms with Gasteiger partial charge >= 0.3 is 0 Å². The van der Waals surface area contributed by atoms with Crippen molar-refractivity contribution in [3.63, 3.8) is 0 Å². The Labute approximate surface area is 101 Å². The van der Waals surface area contributed by atoms with Crippen molar-refractivity contribution >= 4 is 0 Å². The fraction of sp³-hybridized carbons (Fsp3) is 0.692. The van der Waals surface area contributed by atoms with Crippen LogP contribution in [0, 0.1) is 0 Å². The fourth-order valence-electron chi connectivity index (χ4n) is 2.37. The second kappa shape index (κ2) is 5.45. The molecule has 1 unspecified atom stereocenters. The van der Waals surface area contributed by atoms with Gasteiger partial charge in [-0.3, -0.25) is 4.79 Å². The van der Waals surface area contributed by atoms with E-state index in [1.54, 1.807) is 0 Å². The van der Waals surface area contributed by atoms with Crippen molar-refractivity contribution < 1.29 is 4.74 Å². The predicted octanol–water partition coefficient (Wildman–Crippen LogP) is 2.14. The molecule has 0 saturated heterocycles. The Morgan fingerprint density at radius 1 is 1.35 bits per heavy atom. The number of rotatable bonds is 4. The largest absolute Gasteiger partial charge is 0.371 e. The van der Waals surface area contributed by atoms with Gasteiger partial charge in [0, 0.05) is 12.2 Å². The molecular formula is C13H20N2O2. The van der Waals surface area contributed by atoms with E-state index in [0.717, 1.165) is 43.4 Å². The third-order valence-electron chi connectivity index (χ3n) is 3.25. The molecule has 0 aromatic carbocycles. The topological polar surface area (TPSA) is 55.0 Å². The summed E-state index contributed by atoms with van der Waals surface area (Å²) in [6.07, 6.45) is 4.77. The summed E-state index contributed by atoms with van der Waals surface area (Å²) in [7, 11) is 0. The molecule has 0 aliphatic heterocycles. The Morgan fingerprint density at radius 2 is 2.12 bits per heavy atom. The Morgan fingerprint density at radius 3 is 2.82 bits per heavy atom. The van der Waals surface area contributed by atoms with Gasteiger partial charge in [-0.1, -0.05) is 6.92 Å². The molecule has 1 aliphatic rings. The van der Waals surface area contributed by atoms with Crippen molar-refractivity contribution in [2.24, 2.45) is 0 Å². The van der Waals surface area contributed by atoms with Crippen molar-refractivity contribution in [3.8, 4) is 0 Å². The standard InChI is InChI=1S/C13H20N2O2/c1-3-11(17-4-2)12-14-10-8-6-5-7-9(10)13(16)15-12/h11H,3-8H2,1-2H3,(H,14,15,16). The van der Waals surface area contributed by atoms with Crippen molar-refractivity contribution in [1.29, 1.82) is 0 Å². The lowest BCUT2D eigenvalue weighted by atomic mass is 9.97. The van der Waals surface area contributed by atoms with E-state index < -0.39 is 0 Å². The molecule has 4 nitrogen and oxygen atoms in total. The first-order valence-electron chi connectivity index (χ1n) is 6.49. The van der Waals surface area contributed by atoms with Crippen LogP contribution in [-0.2, 0) is 17.6 Å². The Kier molecular flexibility index (Phi) is 3.94. The van der Waals surface area contributed by atoms with Gasteiger partial charge in [0.25, 0.3) is 5.56 Å². The van der Waals surface area contributed by atoms with Crippen LogP contribution in [0.1, 0.15) is 56.3 Å². The van der Waals surface area contributed by atoms with Gasteiger partial charge in [-0.2, -0.15) is 0 Å². The number of hydrogen-bond acceptors (Lipinski definition) is 3. The SMILES string of the molecule is CCOC(CC)c1nc2c(c(=O)[nH]1)CCCC2. The second-order valence-electron chi connectivity index (χ2n) is 4.44. The molecule has 1 aromatic heterocycles. The van der Waals surface area contributed by atoms with Gasteiger partial charge in [0.2, 0.25) is 0 Å². The van der Waals surface area contributed by atoms with Crippen LogP contribution in [0.25, 0.3) is 0 Å². The number of nitrogens with one attached hydrogen (secondary N) is 1. The molecule has 0 saturated carbocycles. The lowest BCUT2D eigenvalue weighted by Gasteiger charge is -2.18. The quantitative estimate of drug-likeness (QED) is 0.871.